The second-order valence-electron chi connectivity index (χ2n) is 8.46. The molecular weight excluding hydrogens is 455 g/mol. The normalized spacial score (nSPS) is 18.8. The SMILES string of the molecule is Cc1cc2n(n1)C(c1ccc(Cl)cc1)(c1ccc(Cl)cc1)C(C)(C(=O)c1ccccc1)C2=O. The number of ketones is 2. The molecule has 0 radical (unpaired) electrons. The van der Waals surface area contributed by atoms with Gasteiger partial charge in [-0.3, -0.25) is 9.59 Å². The highest BCUT2D eigenvalue weighted by Gasteiger charge is 2.67. The first-order valence-corrected chi connectivity index (χ1v) is 11.3. The van der Waals surface area contributed by atoms with Crippen molar-refractivity contribution in [1.82, 2.24) is 9.78 Å². The number of hydrogen-bond acceptors (Lipinski definition) is 3. The van der Waals surface area contributed by atoms with Crippen LogP contribution in [0.25, 0.3) is 0 Å². The molecule has 3 aromatic carbocycles. The maximum absolute atomic E-state index is 14.2. The van der Waals surface area contributed by atoms with E-state index in [0.29, 0.717) is 27.0 Å². The molecule has 4 aromatic rings. The summed E-state index contributed by atoms with van der Waals surface area (Å²) < 4.78 is 1.71. The van der Waals surface area contributed by atoms with Gasteiger partial charge < -0.3 is 0 Å². The molecule has 1 unspecified atom stereocenters. The van der Waals surface area contributed by atoms with Crippen LogP contribution in [0.1, 0.15) is 44.6 Å². The minimum absolute atomic E-state index is 0.276. The molecule has 0 saturated heterocycles. The molecule has 6 heteroatoms. The molecule has 0 N–H and O–H groups in total. The van der Waals surface area contributed by atoms with E-state index in [-0.39, 0.29) is 11.6 Å². The van der Waals surface area contributed by atoms with Crippen LogP contribution in [0.2, 0.25) is 10.0 Å². The molecule has 0 amide bonds. The Labute approximate surface area is 201 Å². The van der Waals surface area contributed by atoms with Crippen molar-refractivity contribution in [3.8, 4) is 0 Å². The van der Waals surface area contributed by atoms with Crippen molar-refractivity contribution in [3.05, 3.63) is 123 Å². The van der Waals surface area contributed by atoms with Crippen LogP contribution in [0.15, 0.2) is 84.9 Å². The summed E-state index contributed by atoms with van der Waals surface area (Å²) in [4.78, 5) is 28.3. The molecule has 33 heavy (non-hydrogen) atoms. The fraction of sp³-hybridized carbons (Fsp3) is 0.148. The lowest BCUT2D eigenvalue weighted by Gasteiger charge is -2.42. The summed E-state index contributed by atoms with van der Waals surface area (Å²) >= 11 is 12.4. The van der Waals surface area contributed by atoms with Crippen LogP contribution >= 0.6 is 23.2 Å². The van der Waals surface area contributed by atoms with E-state index in [2.05, 4.69) is 0 Å². The second-order valence-corrected chi connectivity index (χ2v) is 9.33. The molecular formula is C27H20Cl2N2O2. The molecule has 0 spiro atoms. The molecule has 164 valence electrons. The highest BCUT2D eigenvalue weighted by Crippen LogP contribution is 2.56. The summed E-state index contributed by atoms with van der Waals surface area (Å²) in [7, 11) is 0. The van der Waals surface area contributed by atoms with Crippen molar-refractivity contribution in [2.75, 3.05) is 0 Å². The van der Waals surface area contributed by atoms with Gasteiger partial charge in [0.25, 0.3) is 0 Å². The molecule has 1 aromatic heterocycles. The zero-order valence-electron chi connectivity index (χ0n) is 18.0. The number of rotatable bonds is 4. The second kappa shape index (κ2) is 7.68. The van der Waals surface area contributed by atoms with Crippen LogP contribution in [-0.2, 0) is 5.54 Å². The fourth-order valence-corrected chi connectivity index (χ4v) is 5.32. The summed E-state index contributed by atoms with van der Waals surface area (Å²) in [5, 5.41) is 5.86. The molecule has 1 aliphatic rings. The minimum Gasteiger partial charge on any atom is -0.293 e. The smallest absolute Gasteiger partial charge is 0.197 e. The zero-order valence-corrected chi connectivity index (χ0v) is 19.6. The Hall–Kier alpha value is -3.21. The first-order valence-electron chi connectivity index (χ1n) is 10.5. The van der Waals surface area contributed by atoms with Crippen LogP contribution < -0.4 is 0 Å². The van der Waals surface area contributed by atoms with Gasteiger partial charge in [-0.1, -0.05) is 77.8 Å². The van der Waals surface area contributed by atoms with Gasteiger partial charge in [-0.05, 0) is 55.3 Å². The van der Waals surface area contributed by atoms with Crippen molar-refractivity contribution < 1.29 is 9.59 Å². The van der Waals surface area contributed by atoms with Crippen LogP contribution in [0.5, 0.6) is 0 Å². The van der Waals surface area contributed by atoms with Gasteiger partial charge >= 0.3 is 0 Å². The number of carbonyl (C=O) groups is 2. The standard InChI is InChI=1S/C27H20Cl2N2O2/c1-17-16-23-25(33)26(2,24(32)18-6-4-3-5-7-18)27(31(23)30-17,19-8-12-21(28)13-9-19)20-10-14-22(29)15-11-20/h3-16H,1-2H3. The lowest BCUT2D eigenvalue weighted by molar-refractivity contribution is 0.0596. The van der Waals surface area contributed by atoms with Gasteiger partial charge in [0.2, 0.25) is 0 Å². The van der Waals surface area contributed by atoms with Gasteiger partial charge in [-0.15, -0.1) is 0 Å². The number of carbonyl (C=O) groups excluding carboxylic acids is 2. The van der Waals surface area contributed by atoms with Gasteiger partial charge in [0.1, 0.15) is 16.6 Å². The third kappa shape index (κ3) is 2.94. The van der Waals surface area contributed by atoms with Crippen LogP contribution in [0, 0.1) is 12.3 Å². The van der Waals surface area contributed by atoms with E-state index in [1.807, 2.05) is 37.3 Å². The number of aryl methyl sites for hydroxylation is 1. The molecule has 1 atom stereocenters. The Kier molecular flexibility index (Phi) is 5.04. The molecule has 2 heterocycles. The average molecular weight is 475 g/mol. The number of nitrogens with zero attached hydrogens (tertiary/aromatic N) is 2. The predicted molar refractivity (Wildman–Crippen MR) is 129 cm³/mol. The van der Waals surface area contributed by atoms with Crippen molar-refractivity contribution in [1.29, 1.82) is 0 Å². The molecule has 0 aliphatic carbocycles. The maximum Gasteiger partial charge on any atom is 0.197 e. The van der Waals surface area contributed by atoms with Gasteiger partial charge in [-0.2, -0.15) is 5.10 Å². The number of Topliss-reactive ketones (excluding diaryl/α,β-unsaturated/α-hetero) is 2. The number of benzene rings is 3. The zero-order chi connectivity index (χ0) is 23.4. The predicted octanol–water partition coefficient (Wildman–Crippen LogP) is 6.38. The maximum atomic E-state index is 14.2. The van der Waals surface area contributed by atoms with E-state index in [9.17, 15) is 9.59 Å². The summed E-state index contributed by atoms with van der Waals surface area (Å²) in [6.45, 7) is 3.56. The molecule has 0 saturated carbocycles. The van der Waals surface area contributed by atoms with Crippen LogP contribution in [0.3, 0.4) is 0 Å². The summed E-state index contributed by atoms with van der Waals surface area (Å²) in [6.07, 6.45) is 0. The minimum atomic E-state index is -1.51. The largest absolute Gasteiger partial charge is 0.293 e. The number of halogens is 2. The van der Waals surface area contributed by atoms with Gasteiger partial charge in [0.05, 0.1) is 5.69 Å². The van der Waals surface area contributed by atoms with Crippen molar-refractivity contribution >= 4 is 34.8 Å². The first-order chi connectivity index (χ1) is 15.8. The first kappa shape index (κ1) is 21.6. The van der Waals surface area contributed by atoms with Crippen LogP contribution in [0.4, 0.5) is 0 Å². The van der Waals surface area contributed by atoms with E-state index in [1.165, 1.54) is 0 Å². The average Bonchev–Trinajstić information content (AvgIpc) is 3.29. The van der Waals surface area contributed by atoms with Crippen molar-refractivity contribution in [2.24, 2.45) is 5.41 Å². The highest BCUT2D eigenvalue weighted by atomic mass is 35.5. The number of aromatic nitrogens is 2. The fourth-order valence-electron chi connectivity index (χ4n) is 5.07. The highest BCUT2D eigenvalue weighted by molar-refractivity contribution is 6.31. The van der Waals surface area contributed by atoms with Gasteiger partial charge in [-0.25, -0.2) is 4.68 Å². The Morgan fingerprint density at radius 1 is 0.848 bits per heavy atom. The Bertz CT molecular complexity index is 1330. The lowest BCUT2D eigenvalue weighted by Crippen LogP contribution is -2.53. The summed E-state index contributed by atoms with van der Waals surface area (Å²) in [6, 6.07) is 25.1. The molecule has 0 bridgehead atoms. The quantitative estimate of drug-likeness (QED) is 0.254. The Morgan fingerprint density at radius 3 is 1.88 bits per heavy atom. The van der Waals surface area contributed by atoms with Crippen molar-refractivity contribution in [2.45, 2.75) is 19.4 Å². The Morgan fingerprint density at radius 2 is 1.36 bits per heavy atom. The molecule has 0 fully saturated rings. The third-order valence-corrected chi connectivity index (χ3v) is 7.08. The molecule has 4 nitrogen and oxygen atoms in total. The Balaban J connectivity index is 1.92. The molecule has 1 aliphatic heterocycles. The van der Waals surface area contributed by atoms with E-state index in [0.717, 1.165) is 11.1 Å². The van der Waals surface area contributed by atoms with Crippen molar-refractivity contribution in [3.63, 3.8) is 0 Å². The molecule has 5 rings (SSSR count). The van der Waals surface area contributed by atoms with E-state index < -0.39 is 11.0 Å². The summed E-state index contributed by atoms with van der Waals surface area (Å²) in [5.74, 6) is -0.553. The van der Waals surface area contributed by atoms with Gasteiger partial charge in [0.15, 0.2) is 11.6 Å². The van der Waals surface area contributed by atoms with E-state index in [1.54, 1.807) is 66.2 Å². The lowest BCUT2D eigenvalue weighted by atomic mass is 9.60. The third-order valence-electron chi connectivity index (χ3n) is 6.57. The topological polar surface area (TPSA) is 52.0 Å². The monoisotopic (exact) mass is 474 g/mol. The van der Waals surface area contributed by atoms with Crippen LogP contribution in [-0.4, -0.2) is 21.3 Å². The summed E-state index contributed by atoms with van der Waals surface area (Å²) in [5.41, 5.74) is 0.265. The van der Waals surface area contributed by atoms with Gasteiger partial charge in [0, 0.05) is 15.6 Å². The number of hydrogen-bond donors (Lipinski definition) is 0. The number of fused-ring (bicyclic) bond motifs is 1. The van der Waals surface area contributed by atoms with E-state index >= 15 is 0 Å². The van der Waals surface area contributed by atoms with E-state index in [4.69, 9.17) is 28.3 Å².